The van der Waals surface area contributed by atoms with Crippen molar-refractivity contribution in [3.8, 4) is 23.8 Å². The number of likely N-dealkylation sites (tertiary alicyclic amines) is 1. The zero-order valence-corrected chi connectivity index (χ0v) is 27.6. The number of ether oxygens (including phenoxy) is 2. The lowest BCUT2D eigenvalue weighted by atomic mass is 9.79. The summed E-state index contributed by atoms with van der Waals surface area (Å²) >= 11 is 0. The van der Waals surface area contributed by atoms with Crippen LogP contribution in [0.4, 0.5) is 0 Å². The van der Waals surface area contributed by atoms with Gasteiger partial charge in [0, 0.05) is 13.1 Å². The molecule has 0 radical (unpaired) electrons. The molecule has 3 aliphatic heterocycles. The Morgan fingerprint density at radius 3 is 2.51 bits per heavy atom. The maximum atomic E-state index is 6.80. The standard InChI is InChI=1S/C36H56N2O2.ClH/c1-7-9-12-17-28(3)29(4)30-25-33(39-24-16-11-15-22-37-20-13-10-14-21-37)35-31-27-38(19-8-2)23-18-32(31)36(5,6)40-34(35)26-30;/h2,25-26,28-29H,7,9-24,27H2,1,3-6H3;1H. The first-order chi connectivity index (χ1) is 19.3. The fourth-order valence-electron chi connectivity index (χ4n) is 6.95. The van der Waals surface area contributed by atoms with Gasteiger partial charge in [0.25, 0.3) is 0 Å². The molecule has 5 heteroatoms. The summed E-state index contributed by atoms with van der Waals surface area (Å²) in [5.41, 5.74) is 5.00. The van der Waals surface area contributed by atoms with Gasteiger partial charge in [0.05, 0.1) is 18.7 Å². The van der Waals surface area contributed by atoms with E-state index in [0.717, 1.165) is 44.0 Å². The SMILES string of the molecule is C#CCN1CCC2=C(C1)c1c(OCCCCCN3CCCCC3)cc(C(C)C(C)CCCCC)cc1OC2(C)C.Cl. The highest BCUT2D eigenvalue weighted by Crippen LogP contribution is 2.49. The summed E-state index contributed by atoms with van der Waals surface area (Å²) in [4.78, 5) is 5.03. The van der Waals surface area contributed by atoms with Crippen molar-refractivity contribution in [1.82, 2.24) is 9.80 Å². The van der Waals surface area contributed by atoms with Crippen LogP contribution in [0.3, 0.4) is 0 Å². The highest BCUT2D eigenvalue weighted by Gasteiger charge is 2.39. The lowest BCUT2D eigenvalue weighted by molar-refractivity contribution is 0.131. The summed E-state index contributed by atoms with van der Waals surface area (Å²) in [6, 6.07) is 4.67. The summed E-state index contributed by atoms with van der Waals surface area (Å²) < 4.78 is 13.5. The number of fused-ring (bicyclic) bond motifs is 2. The Morgan fingerprint density at radius 2 is 1.78 bits per heavy atom. The summed E-state index contributed by atoms with van der Waals surface area (Å²) in [5.74, 6) is 5.96. The van der Waals surface area contributed by atoms with Crippen molar-refractivity contribution in [2.45, 2.75) is 117 Å². The van der Waals surface area contributed by atoms with Crippen molar-refractivity contribution in [2.75, 3.05) is 45.9 Å². The van der Waals surface area contributed by atoms with E-state index in [0.29, 0.717) is 18.4 Å². The zero-order valence-electron chi connectivity index (χ0n) is 26.7. The molecule has 2 atom stereocenters. The van der Waals surface area contributed by atoms with Gasteiger partial charge in [-0.3, -0.25) is 4.90 Å². The van der Waals surface area contributed by atoms with Gasteiger partial charge in [-0.25, -0.2) is 0 Å². The Hall–Kier alpha value is -1.67. The highest BCUT2D eigenvalue weighted by atomic mass is 35.5. The molecule has 0 saturated carbocycles. The molecule has 1 aromatic rings. The molecule has 1 aromatic carbocycles. The molecule has 4 rings (SSSR count). The van der Waals surface area contributed by atoms with Crippen LogP contribution in [0.2, 0.25) is 0 Å². The van der Waals surface area contributed by atoms with Crippen LogP contribution in [0.15, 0.2) is 17.7 Å². The molecule has 3 aliphatic rings. The monoisotopic (exact) mass is 584 g/mol. The van der Waals surface area contributed by atoms with Crippen molar-refractivity contribution in [1.29, 1.82) is 0 Å². The molecule has 230 valence electrons. The molecule has 0 aliphatic carbocycles. The van der Waals surface area contributed by atoms with Gasteiger partial charge in [0.15, 0.2) is 0 Å². The molecule has 0 aromatic heterocycles. The van der Waals surface area contributed by atoms with Gasteiger partial charge >= 0.3 is 0 Å². The average molecular weight is 585 g/mol. The Morgan fingerprint density at radius 1 is 1.00 bits per heavy atom. The molecule has 0 amide bonds. The predicted octanol–water partition coefficient (Wildman–Crippen LogP) is 8.73. The molecule has 41 heavy (non-hydrogen) atoms. The Labute approximate surface area is 258 Å². The van der Waals surface area contributed by atoms with Crippen LogP contribution in [0.1, 0.15) is 122 Å². The fourth-order valence-corrected chi connectivity index (χ4v) is 6.95. The molecule has 0 bridgehead atoms. The first-order valence-electron chi connectivity index (χ1n) is 16.4. The largest absolute Gasteiger partial charge is 0.493 e. The summed E-state index contributed by atoms with van der Waals surface area (Å²) in [6.45, 7) is 18.7. The number of hydrogen-bond acceptors (Lipinski definition) is 4. The first-order valence-corrected chi connectivity index (χ1v) is 16.4. The third-order valence-corrected chi connectivity index (χ3v) is 9.69. The maximum absolute atomic E-state index is 6.80. The minimum atomic E-state index is -0.315. The van der Waals surface area contributed by atoms with Gasteiger partial charge in [-0.05, 0) is 113 Å². The van der Waals surface area contributed by atoms with E-state index in [1.54, 1.807) is 0 Å². The number of hydrogen-bond donors (Lipinski definition) is 0. The van der Waals surface area contributed by atoms with Crippen molar-refractivity contribution >= 4 is 18.0 Å². The fraction of sp³-hybridized carbons (Fsp3) is 0.722. The molecule has 3 heterocycles. The molecule has 4 nitrogen and oxygen atoms in total. The number of nitrogens with zero attached hydrogens (tertiary/aromatic N) is 2. The number of piperidine rings is 1. The van der Waals surface area contributed by atoms with Gasteiger partial charge in [-0.1, -0.05) is 58.8 Å². The van der Waals surface area contributed by atoms with Crippen LogP contribution >= 0.6 is 12.4 Å². The number of benzene rings is 1. The summed E-state index contributed by atoms with van der Waals surface area (Å²) in [6.07, 6.45) is 19.6. The molecule has 2 unspecified atom stereocenters. The molecule has 0 spiro atoms. The lowest BCUT2D eigenvalue weighted by Crippen LogP contribution is -2.42. The van der Waals surface area contributed by atoms with Crippen molar-refractivity contribution < 1.29 is 9.47 Å². The van der Waals surface area contributed by atoms with Crippen molar-refractivity contribution in [2.24, 2.45) is 5.92 Å². The average Bonchev–Trinajstić information content (AvgIpc) is 2.94. The minimum Gasteiger partial charge on any atom is -0.493 e. The van der Waals surface area contributed by atoms with E-state index in [1.807, 2.05) is 0 Å². The van der Waals surface area contributed by atoms with Crippen LogP contribution < -0.4 is 9.47 Å². The Bertz CT molecular complexity index is 1040. The Balaban J connectivity index is 0.00000462. The molecule has 1 saturated heterocycles. The van der Waals surface area contributed by atoms with E-state index in [-0.39, 0.29) is 18.0 Å². The van der Waals surface area contributed by atoms with Crippen molar-refractivity contribution in [3.63, 3.8) is 0 Å². The van der Waals surface area contributed by atoms with Gasteiger partial charge in [-0.2, -0.15) is 0 Å². The zero-order chi connectivity index (χ0) is 28.5. The third kappa shape index (κ3) is 8.92. The predicted molar refractivity (Wildman–Crippen MR) is 177 cm³/mol. The number of halogens is 1. The topological polar surface area (TPSA) is 24.9 Å². The lowest BCUT2D eigenvalue weighted by Gasteiger charge is -2.42. The third-order valence-electron chi connectivity index (χ3n) is 9.69. The van der Waals surface area contributed by atoms with E-state index >= 15 is 0 Å². The van der Waals surface area contributed by atoms with Crippen LogP contribution in [0.5, 0.6) is 11.5 Å². The summed E-state index contributed by atoms with van der Waals surface area (Å²) in [7, 11) is 0. The minimum absolute atomic E-state index is 0. The van der Waals surface area contributed by atoms with Crippen molar-refractivity contribution in [3.05, 3.63) is 28.8 Å². The molecular formula is C36H57ClN2O2. The van der Waals surface area contributed by atoms with E-state index in [2.05, 4.69) is 62.5 Å². The number of rotatable bonds is 14. The van der Waals surface area contributed by atoms with Gasteiger partial charge in [0.1, 0.15) is 17.1 Å². The van der Waals surface area contributed by atoms with Gasteiger partial charge in [0.2, 0.25) is 0 Å². The molecular weight excluding hydrogens is 528 g/mol. The second kappa shape index (κ2) is 16.3. The highest BCUT2D eigenvalue weighted by molar-refractivity contribution is 5.85. The van der Waals surface area contributed by atoms with E-state index in [4.69, 9.17) is 15.9 Å². The smallest absolute Gasteiger partial charge is 0.132 e. The van der Waals surface area contributed by atoms with E-state index < -0.39 is 0 Å². The van der Waals surface area contributed by atoms with E-state index in [9.17, 15) is 0 Å². The number of unbranched alkanes of at least 4 members (excludes halogenated alkanes) is 4. The first kappa shape index (κ1) is 33.8. The maximum Gasteiger partial charge on any atom is 0.132 e. The van der Waals surface area contributed by atoms with Gasteiger partial charge in [-0.15, -0.1) is 18.8 Å². The van der Waals surface area contributed by atoms with Crippen LogP contribution in [0.25, 0.3) is 5.57 Å². The Kier molecular flexibility index (Phi) is 13.4. The van der Waals surface area contributed by atoms with E-state index in [1.165, 1.54) is 99.7 Å². The van der Waals surface area contributed by atoms with Crippen LogP contribution in [-0.4, -0.2) is 61.3 Å². The molecule has 0 N–H and O–H groups in total. The summed E-state index contributed by atoms with van der Waals surface area (Å²) in [5, 5.41) is 0. The normalized spacial score (nSPS) is 20.2. The quantitative estimate of drug-likeness (QED) is 0.161. The number of terminal acetylenes is 1. The second-order valence-corrected chi connectivity index (χ2v) is 13.2. The van der Waals surface area contributed by atoms with Crippen LogP contribution in [0, 0.1) is 18.3 Å². The van der Waals surface area contributed by atoms with Crippen LogP contribution in [-0.2, 0) is 0 Å². The van der Waals surface area contributed by atoms with Gasteiger partial charge < -0.3 is 14.4 Å². The molecule has 1 fully saturated rings. The second-order valence-electron chi connectivity index (χ2n) is 13.2.